The Hall–Kier alpha value is -1.85. The number of carbonyl (C=O) groups is 1. The number of aliphatic carboxylic acids is 1. The second-order valence-electron chi connectivity index (χ2n) is 4.86. The van der Waals surface area contributed by atoms with E-state index in [4.69, 9.17) is 14.6 Å². The Kier molecular flexibility index (Phi) is 4.42. The zero-order valence-electron chi connectivity index (χ0n) is 11.1. The maximum absolute atomic E-state index is 13.2. The average molecular weight is 286 g/mol. The first-order valence-electron chi connectivity index (χ1n) is 6.43. The normalized spacial score (nSPS) is 22.4. The van der Waals surface area contributed by atoms with Crippen LogP contribution in [0, 0.1) is 17.6 Å². The SMILES string of the molecule is COc1cc(F)c(F)cc1O[C@@H]1CCC[C@H](C(=O)O)C1. The minimum absolute atomic E-state index is 0.0985. The largest absolute Gasteiger partial charge is 0.493 e. The fourth-order valence-corrected chi connectivity index (χ4v) is 2.42. The van der Waals surface area contributed by atoms with Gasteiger partial charge < -0.3 is 14.6 Å². The summed E-state index contributed by atoms with van der Waals surface area (Å²) in [6.07, 6.45) is 2.06. The molecule has 0 aromatic heterocycles. The van der Waals surface area contributed by atoms with Crippen LogP contribution in [0.5, 0.6) is 11.5 Å². The zero-order chi connectivity index (χ0) is 14.7. The first kappa shape index (κ1) is 14.6. The molecule has 1 aliphatic carbocycles. The Morgan fingerprint density at radius 2 is 1.90 bits per heavy atom. The number of ether oxygens (including phenoxy) is 2. The number of carboxylic acids is 1. The van der Waals surface area contributed by atoms with Crippen molar-refractivity contribution in [1.82, 2.24) is 0 Å². The van der Waals surface area contributed by atoms with Gasteiger partial charge >= 0.3 is 5.97 Å². The summed E-state index contributed by atoms with van der Waals surface area (Å²) in [5.74, 6) is -3.14. The summed E-state index contributed by atoms with van der Waals surface area (Å²) in [6.45, 7) is 0. The number of hydrogen-bond acceptors (Lipinski definition) is 3. The number of carboxylic acid groups (broad SMARTS) is 1. The molecule has 110 valence electrons. The van der Waals surface area contributed by atoms with Gasteiger partial charge in [0.25, 0.3) is 0 Å². The number of methoxy groups -OCH3 is 1. The number of benzene rings is 1. The van der Waals surface area contributed by atoms with E-state index in [2.05, 4.69) is 0 Å². The lowest BCUT2D eigenvalue weighted by Gasteiger charge is -2.27. The number of halogens is 2. The van der Waals surface area contributed by atoms with Crippen molar-refractivity contribution in [2.24, 2.45) is 5.92 Å². The Morgan fingerprint density at radius 1 is 1.25 bits per heavy atom. The van der Waals surface area contributed by atoms with Crippen LogP contribution in [-0.2, 0) is 4.79 Å². The van der Waals surface area contributed by atoms with Gasteiger partial charge in [-0.15, -0.1) is 0 Å². The van der Waals surface area contributed by atoms with Crippen molar-refractivity contribution in [2.75, 3.05) is 7.11 Å². The number of hydrogen-bond donors (Lipinski definition) is 1. The summed E-state index contributed by atoms with van der Waals surface area (Å²) < 4.78 is 36.9. The van der Waals surface area contributed by atoms with Gasteiger partial charge in [-0.2, -0.15) is 0 Å². The minimum Gasteiger partial charge on any atom is -0.493 e. The topological polar surface area (TPSA) is 55.8 Å². The zero-order valence-corrected chi connectivity index (χ0v) is 11.1. The molecular formula is C14H16F2O4. The van der Waals surface area contributed by atoms with Gasteiger partial charge in [-0.05, 0) is 25.7 Å². The smallest absolute Gasteiger partial charge is 0.306 e. The van der Waals surface area contributed by atoms with Gasteiger partial charge in [-0.25, -0.2) is 8.78 Å². The molecule has 1 aromatic rings. The van der Waals surface area contributed by atoms with E-state index in [-0.39, 0.29) is 17.6 Å². The van der Waals surface area contributed by atoms with Gasteiger partial charge in [0.05, 0.1) is 19.1 Å². The molecule has 2 atom stereocenters. The Labute approximate surface area is 115 Å². The molecule has 0 bridgehead atoms. The van der Waals surface area contributed by atoms with Crippen LogP contribution in [0.25, 0.3) is 0 Å². The second-order valence-corrected chi connectivity index (χ2v) is 4.86. The van der Waals surface area contributed by atoms with Crippen molar-refractivity contribution in [3.8, 4) is 11.5 Å². The monoisotopic (exact) mass is 286 g/mol. The highest BCUT2D eigenvalue weighted by Gasteiger charge is 2.29. The van der Waals surface area contributed by atoms with E-state index >= 15 is 0 Å². The summed E-state index contributed by atoms with van der Waals surface area (Å²) in [5, 5.41) is 9.01. The van der Waals surface area contributed by atoms with Crippen molar-refractivity contribution >= 4 is 5.97 Å². The van der Waals surface area contributed by atoms with Crippen molar-refractivity contribution in [3.05, 3.63) is 23.8 Å². The quantitative estimate of drug-likeness (QED) is 0.924. The first-order chi connectivity index (χ1) is 9.51. The molecule has 0 heterocycles. The van der Waals surface area contributed by atoms with Gasteiger partial charge in [-0.3, -0.25) is 4.79 Å². The van der Waals surface area contributed by atoms with E-state index in [1.54, 1.807) is 0 Å². The number of rotatable bonds is 4. The summed E-state index contributed by atoms with van der Waals surface area (Å²) in [4.78, 5) is 11.0. The predicted octanol–water partition coefficient (Wildman–Crippen LogP) is 3.00. The molecule has 0 aliphatic heterocycles. The predicted molar refractivity (Wildman–Crippen MR) is 66.9 cm³/mol. The lowest BCUT2D eigenvalue weighted by molar-refractivity contribution is -0.143. The highest BCUT2D eigenvalue weighted by Crippen LogP contribution is 2.34. The molecule has 1 saturated carbocycles. The van der Waals surface area contributed by atoms with E-state index in [0.29, 0.717) is 19.3 Å². The van der Waals surface area contributed by atoms with Gasteiger partial charge in [0, 0.05) is 12.1 Å². The van der Waals surface area contributed by atoms with Crippen LogP contribution in [0.1, 0.15) is 25.7 Å². The molecule has 0 spiro atoms. The van der Waals surface area contributed by atoms with E-state index in [0.717, 1.165) is 18.6 Å². The Balaban J connectivity index is 2.13. The molecule has 0 amide bonds. The van der Waals surface area contributed by atoms with E-state index < -0.39 is 23.5 Å². The van der Waals surface area contributed by atoms with Crippen LogP contribution < -0.4 is 9.47 Å². The lowest BCUT2D eigenvalue weighted by atomic mass is 9.87. The van der Waals surface area contributed by atoms with Crippen molar-refractivity contribution < 1.29 is 28.2 Å². The molecule has 0 unspecified atom stereocenters. The van der Waals surface area contributed by atoms with Gasteiger partial charge in [0.2, 0.25) is 0 Å². The molecule has 0 saturated heterocycles. The molecule has 1 fully saturated rings. The molecule has 1 aromatic carbocycles. The lowest BCUT2D eigenvalue weighted by Crippen LogP contribution is -2.29. The molecule has 20 heavy (non-hydrogen) atoms. The van der Waals surface area contributed by atoms with Gasteiger partial charge in [0.15, 0.2) is 23.1 Å². The first-order valence-corrected chi connectivity index (χ1v) is 6.43. The van der Waals surface area contributed by atoms with Crippen LogP contribution in [0.4, 0.5) is 8.78 Å². The Bertz CT molecular complexity index is 504. The highest BCUT2D eigenvalue weighted by atomic mass is 19.2. The summed E-state index contributed by atoms with van der Waals surface area (Å²) in [7, 11) is 1.33. The van der Waals surface area contributed by atoms with E-state index in [1.807, 2.05) is 0 Å². The van der Waals surface area contributed by atoms with Crippen molar-refractivity contribution in [1.29, 1.82) is 0 Å². The van der Waals surface area contributed by atoms with E-state index in [1.165, 1.54) is 7.11 Å². The fourth-order valence-electron chi connectivity index (χ4n) is 2.42. The highest BCUT2D eigenvalue weighted by molar-refractivity contribution is 5.70. The summed E-state index contributed by atoms with van der Waals surface area (Å²) in [5.41, 5.74) is 0. The van der Waals surface area contributed by atoms with Gasteiger partial charge in [-0.1, -0.05) is 0 Å². The minimum atomic E-state index is -1.02. The van der Waals surface area contributed by atoms with Crippen LogP contribution in [0.15, 0.2) is 12.1 Å². The third-order valence-corrected chi connectivity index (χ3v) is 3.48. The fraction of sp³-hybridized carbons (Fsp3) is 0.500. The molecule has 2 rings (SSSR count). The maximum Gasteiger partial charge on any atom is 0.306 e. The molecular weight excluding hydrogens is 270 g/mol. The molecule has 4 nitrogen and oxygen atoms in total. The van der Waals surface area contributed by atoms with Crippen LogP contribution in [0.3, 0.4) is 0 Å². The summed E-state index contributed by atoms with van der Waals surface area (Å²) >= 11 is 0. The molecule has 6 heteroatoms. The second kappa shape index (κ2) is 6.07. The third-order valence-electron chi connectivity index (χ3n) is 3.48. The van der Waals surface area contributed by atoms with Crippen LogP contribution >= 0.6 is 0 Å². The van der Waals surface area contributed by atoms with Crippen molar-refractivity contribution in [2.45, 2.75) is 31.8 Å². The van der Waals surface area contributed by atoms with Crippen LogP contribution in [-0.4, -0.2) is 24.3 Å². The maximum atomic E-state index is 13.2. The van der Waals surface area contributed by atoms with Crippen molar-refractivity contribution in [3.63, 3.8) is 0 Å². The molecule has 1 aliphatic rings. The Morgan fingerprint density at radius 3 is 2.50 bits per heavy atom. The standard InChI is InChI=1S/C14H16F2O4/c1-19-12-6-10(15)11(16)7-13(12)20-9-4-2-3-8(5-9)14(17)18/h6-9H,2-5H2,1H3,(H,17,18)/t8-,9+/m0/s1. The van der Waals surface area contributed by atoms with E-state index in [9.17, 15) is 13.6 Å². The molecule has 1 N–H and O–H groups in total. The summed E-state index contributed by atoms with van der Waals surface area (Å²) in [6, 6.07) is 1.85. The third kappa shape index (κ3) is 3.18. The average Bonchev–Trinajstić information content (AvgIpc) is 2.43. The van der Waals surface area contributed by atoms with Gasteiger partial charge in [0.1, 0.15) is 0 Å². The van der Waals surface area contributed by atoms with Crippen LogP contribution in [0.2, 0.25) is 0 Å². The molecule has 0 radical (unpaired) electrons.